The zero-order valence-corrected chi connectivity index (χ0v) is 15.5. The summed E-state index contributed by atoms with van der Waals surface area (Å²) < 4.78 is 83.9. The number of benzene rings is 2. The molecule has 1 atom stereocenters. The number of sulfonamides is 1. The predicted molar refractivity (Wildman–Crippen MR) is 92.8 cm³/mol. The number of hydrogen-bond acceptors (Lipinski definition) is 3. The summed E-state index contributed by atoms with van der Waals surface area (Å²) in [6.45, 7) is 1.29. The fourth-order valence-corrected chi connectivity index (χ4v) is 3.70. The third-order valence-corrected chi connectivity index (χ3v) is 5.46. The molecule has 0 amide bonds. The highest BCUT2D eigenvalue weighted by molar-refractivity contribution is 7.88. The van der Waals surface area contributed by atoms with Crippen molar-refractivity contribution in [3.63, 3.8) is 0 Å². The van der Waals surface area contributed by atoms with Gasteiger partial charge >= 0.3 is 6.18 Å². The number of alkyl halides is 3. The van der Waals surface area contributed by atoms with Gasteiger partial charge in [0.05, 0.1) is 11.3 Å². The number of rotatable bonds is 7. The highest BCUT2D eigenvalue weighted by Crippen LogP contribution is 2.29. The summed E-state index contributed by atoms with van der Waals surface area (Å²) in [5.41, 5.74) is -1.73. The molecule has 0 spiro atoms. The Bertz CT molecular complexity index is 882. The summed E-state index contributed by atoms with van der Waals surface area (Å²) in [7, 11) is -2.55. The fourth-order valence-electron chi connectivity index (χ4n) is 2.48. The van der Waals surface area contributed by atoms with E-state index in [0.717, 1.165) is 24.3 Å². The molecule has 0 aliphatic carbocycles. The average Bonchev–Trinajstić information content (AvgIpc) is 2.59. The third kappa shape index (κ3) is 5.50. The molecule has 0 aromatic heterocycles. The monoisotopic (exact) mass is 405 g/mol. The molecule has 0 saturated carbocycles. The Hall–Kier alpha value is -1.97. The van der Waals surface area contributed by atoms with E-state index in [9.17, 15) is 26.0 Å². The number of ether oxygens (including phenoxy) is 1. The molecular weight excluding hydrogens is 386 g/mol. The SMILES string of the molecule is CO[C@](C)(CNS(=O)(=O)Cc1ccc(C(F)(F)F)cc1)c1ccccc1F. The van der Waals surface area contributed by atoms with Crippen LogP contribution in [0.5, 0.6) is 0 Å². The minimum Gasteiger partial charge on any atom is -0.372 e. The molecule has 0 saturated heterocycles. The van der Waals surface area contributed by atoms with Gasteiger partial charge < -0.3 is 4.74 Å². The van der Waals surface area contributed by atoms with E-state index in [2.05, 4.69) is 4.72 Å². The summed E-state index contributed by atoms with van der Waals surface area (Å²) in [5, 5.41) is 0. The van der Waals surface area contributed by atoms with Gasteiger partial charge in [-0.25, -0.2) is 17.5 Å². The summed E-state index contributed by atoms with van der Waals surface area (Å²) in [6, 6.07) is 9.69. The quantitative estimate of drug-likeness (QED) is 0.713. The van der Waals surface area contributed by atoms with Gasteiger partial charge in [0.15, 0.2) is 0 Å². The molecule has 27 heavy (non-hydrogen) atoms. The first-order valence-corrected chi connectivity index (χ1v) is 9.56. The van der Waals surface area contributed by atoms with Crippen LogP contribution in [0.4, 0.5) is 17.6 Å². The van der Waals surface area contributed by atoms with Crippen molar-refractivity contribution in [2.75, 3.05) is 13.7 Å². The Morgan fingerprint density at radius 3 is 2.15 bits per heavy atom. The lowest BCUT2D eigenvalue weighted by molar-refractivity contribution is -0.137. The first-order chi connectivity index (χ1) is 12.5. The number of methoxy groups -OCH3 is 1. The molecule has 0 radical (unpaired) electrons. The molecule has 1 N–H and O–H groups in total. The maximum absolute atomic E-state index is 14.0. The van der Waals surface area contributed by atoms with E-state index in [1.165, 1.54) is 32.2 Å². The standard InChI is InChI=1S/C18H19F4NO3S/c1-17(26-2,15-5-3-4-6-16(15)19)12-23-27(24,25)11-13-7-9-14(10-8-13)18(20,21)22/h3-10,23H,11-12H2,1-2H3/t17-/m1/s1. The normalized spacial score (nSPS) is 14.7. The van der Waals surface area contributed by atoms with Gasteiger partial charge in [-0.15, -0.1) is 0 Å². The van der Waals surface area contributed by atoms with Crippen LogP contribution < -0.4 is 4.72 Å². The van der Waals surface area contributed by atoms with Gasteiger partial charge in [-0.1, -0.05) is 30.3 Å². The van der Waals surface area contributed by atoms with Crippen LogP contribution in [0.2, 0.25) is 0 Å². The maximum Gasteiger partial charge on any atom is 0.416 e. The molecule has 9 heteroatoms. The Labute approximate surface area is 155 Å². The average molecular weight is 405 g/mol. The van der Waals surface area contributed by atoms with Crippen molar-refractivity contribution in [2.45, 2.75) is 24.5 Å². The lowest BCUT2D eigenvalue weighted by Gasteiger charge is -2.29. The second-order valence-electron chi connectivity index (χ2n) is 6.19. The van der Waals surface area contributed by atoms with Crippen molar-refractivity contribution in [2.24, 2.45) is 0 Å². The first-order valence-electron chi connectivity index (χ1n) is 7.90. The van der Waals surface area contributed by atoms with Crippen LogP contribution in [0.15, 0.2) is 48.5 Å². The highest BCUT2D eigenvalue weighted by Gasteiger charge is 2.32. The van der Waals surface area contributed by atoms with Gasteiger partial charge in [0.1, 0.15) is 11.4 Å². The molecular formula is C18H19F4NO3S. The molecule has 0 aliphatic heterocycles. The van der Waals surface area contributed by atoms with E-state index in [4.69, 9.17) is 4.74 Å². The van der Waals surface area contributed by atoms with E-state index in [1.807, 2.05) is 0 Å². The van der Waals surface area contributed by atoms with Crippen LogP contribution in [0.1, 0.15) is 23.6 Å². The van der Waals surface area contributed by atoms with Crippen molar-refractivity contribution in [1.82, 2.24) is 4.72 Å². The molecule has 0 unspecified atom stereocenters. The number of halogens is 4. The van der Waals surface area contributed by atoms with E-state index in [1.54, 1.807) is 6.07 Å². The second kappa shape index (κ2) is 7.95. The first kappa shape index (κ1) is 21.3. The van der Waals surface area contributed by atoms with Crippen LogP contribution in [-0.2, 0) is 32.3 Å². The van der Waals surface area contributed by atoms with Crippen LogP contribution >= 0.6 is 0 Å². The van der Waals surface area contributed by atoms with E-state index < -0.39 is 38.9 Å². The van der Waals surface area contributed by atoms with Gasteiger partial charge in [-0.05, 0) is 30.7 Å². The topological polar surface area (TPSA) is 55.4 Å². The highest BCUT2D eigenvalue weighted by atomic mass is 32.2. The van der Waals surface area contributed by atoms with Gasteiger partial charge in [0.2, 0.25) is 10.0 Å². The molecule has 2 aromatic carbocycles. The van der Waals surface area contributed by atoms with Crippen molar-refractivity contribution in [3.05, 3.63) is 71.0 Å². The van der Waals surface area contributed by atoms with E-state index in [0.29, 0.717) is 0 Å². The molecule has 2 rings (SSSR count). The Morgan fingerprint density at radius 2 is 1.63 bits per heavy atom. The van der Waals surface area contributed by atoms with E-state index >= 15 is 0 Å². The molecule has 0 bridgehead atoms. The lowest BCUT2D eigenvalue weighted by atomic mass is 9.95. The molecule has 0 heterocycles. The Balaban J connectivity index is 2.10. The summed E-state index contributed by atoms with van der Waals surface area (Å²) in [5.74, 6) is -1.05. The maximum atomic E-state index is 14.0. The number of hydrogen-bond donors (Lipinski definition) is 1. The van der Waals surface area contributed by atoms with Gasteiger partial charge in [-0.3, -0.25) is 0 Å². The van der Waals surface area contributed by atoms with Crippen molar-refractivity contribution < 1.29 is 30.7 Å². The molecule has 4 nitrogen and oxygen atoms in total. The molecule has 0 aliphatic rings. The van der Waals surface area contributed by atoms with Crippen molar-refractivity contribution in [1.29, 1.82) is 0 Å². The van der Waals surface area contributed by atoms with Gasteiger partial charge in [0, 0.05) is 19.2 Å². The smallest absolute Gasteiger partial charge is 0.372 e. The summed E-state index contributed by atoms with van der Waals surface area (Å²) >= 11 is 0. The van der Waals surface area contributed by atoms with Crippen LogP contribution in [0.25, 0.3) is 0 Å². The lowest BCUT2D eigenvalue weighted by Crippen LogP contribution is -2.41. The van der Waals surface area contributed by atoms with E-state index in [-0.39, 0.29) is 17.7 Å². The third-order valence-electron chi connectivity index (χ3n) is 4.16. The largest absolute Gasteiger partial charge is 0.416 e. The fraction of sp³-hybridized carbons (Fsp3) is 0.333. The van der Waals surface area contributed by atoms with Crippen molar-refractivity contribution in [3.8, 4) is 0 Å². The minimum absolute atomic E-state index is 0.185. The Kier molecular flexibility index (Phi) is 6.28. The van der Waals surface area contributed by atoms with Crippen molar-refractivity contribution >= 4 is 10.0 Å². The number of nitrogens with one attached hydrogen (secondary N) is 1. The minimum atomic E-state index is -4.49. The van der Waals surface area contributed by atoms with Crippen LogP contribution in [0, 0.1) is 5.82 Å². The molecule has 0 fully saturated rings. The van der Waals surface area contributed by atoms with Gasteiger partial charge in [0.25, 0.3) is 0 Å². The van der Waals surface area contributed by atoms with Crippen LogP contribution in [0.3, 0.4) is 0 Å². The molecule has 148 valence electrons. The van der Waals surface area contributed by atoms with Crippen LogP contribution in [-0.4, -0.2) is 22.1 Å². The zero-order chi connectivity index (χ0) is 20.3. The molecule has 2 aromatic rings. The predicted octanol–water partition coefficient (Wildman–Crippen LogP) is 3.83. The summed E-state index contributed by atoms with van der Waals surface area (Å²) in [6.07, 6.45) is -4.49. The van der Waals surface area contributed by atoms with Gasteiger partial charge in [-0.2, -0.15) is 13.2 Å². The summed E-state index contributed by atoms with van der Waals surface area (Å²) in [4.78, 5) is 0. The second-order valence-corrected chi connectivity index (χ2v) is 8.00. The Morgan fingerprint density at radius 1 is 1.04 bits per heavy atom. The zero-order valence-electron chi connectivity index (χ0n) is 14.7.